The molecule has 1 heterocycles. The van der Waals surface area contributed by atoms with Crippen LogP contribution in [0.3, 0.4) is 0 Å². The number of primary amides is 1. The normalized spacial score (nSPS) is 24.9. The molecule has 0 saturated carbocycles. The quantitative estimate of drug-likeness (QED) is 0.694. The van der Waals surface area contributed by atoms with Gasteiger partial charge < -0.3 is 11.5 Å². The van der Waals surface area contributed by atoms with Gasteiger partial charge in [-0.1, -0.05) is 38.2 Å². The molecule has 0 radical (unpaired) electrons. The van der Waals surface area contributed by atoms with Crippen molar-refractivity contribution in [2.75, 3.05) is 0 Å². The van der Waals surface area contributed by atoms with Crippen LogP contribution in [0.1, 0.15) is 26.7 Å². The lowest BCUT2D eigenvalue weighted by molar-refractivity contribution is -0.122. The van der Waals surface area contributed by atoms with E-state index in [1.54, 1.807) is 0 Å². The van der Waals surface area contributed by atoms with Crippen molar-refractivity contribution in [3.8, 4) is 0 Å². The number of carbonyl (C=O) groups is 1. The highest BCUT2D eigenvalue weighted by molar-refractivity contribution is 6.21. The number of amidine groups is 1. The molecule has 0 saturated heterocycles. The Hall–Kier alpha value is -1.91. The number of allylic oxidation sites excluding steroid dienone is 4. The average Bonchev–Trinajstić information content (AvgIpc) is 2.72. The van der Waals surface area contributed by atoms with Crippen LogP contribution in [0, 0.1) is 11.3 Å². The molecular weight excluding hydrogens is 228 g/mol. The average molecular weight is 248 g/mol. The third-order valence-electron chi connectivity index (χ3n) is 3.11. The van der Waals surface area contributed by atoms with Crippen LogP contribution in [0.25, 0.3) is 0 Å². The van der Waals surface area contributed by atoms with E-state index in [1.165, 1.54) is 6.21 Å². The van der Waals surface area contributed by atoms with Crippen LogP contribution >= 0.6 is 0 Å². The van der Waals surface area contributed by atoms with Crippen molar-refractivity contribution in [2.24, 2.45) is 33.0 Å². The Morgan fingerprint density at radius 3 is 2.67 bits per heavy atom. The summed E-state index contributed by atoms with van der Waals surface area (Å²) in [5.74, 6) is -0.474. The molecule has 5 heteroatoms. The zero-order chi connectivity index (χ0) is 13.6. The van der Waals surface area contributed by atoms with E-state index in [2.05, 4.69) is 17.1 Å². The van der Waals surface area contributed by atoms with E-state index in [4.69, 9.17) is 11.5 Å². The summed E-state index contributed by atoms with van der Waals surface area (Å²) in [5, 5.41) is 7.47. The van der Waals surface area contributed by atoms with Crippen molar-refractivity contribution >= 4 is 18.0 Å². The number of rotatable bonds is 6. The van der Waals surface area contributed by atoms with Crippen molar-refractivity contribution in [3.63, 3.8) is 0 Å². The lowest BCUT2D eigenvalue weighted by Gasteiger charge is -2.28. The molecule has 0 bridgehead atoms. The summed E-state index contributed by atoms with van der Waals surface area (Å²) in [6, 6.07) is 0. The highest BCUT2D eigenvalue weighted by Crippen LogP contribution is 2.32. The molecule has 1 aliphatic rings. The molecule has 0 aromatic rings. The first-order valence-electron chi connectivity index (χ1n) is 6.10. The second kappa shape index (κ2) is 6.14. The molecule has 1 rings (SSSR count). The molecule has 0 aromatic heterocycles. The number of amides is 1. The molecule has 0 fully saturated rings. The van der Waals surface area contributed by atoms with Gasteiger partial charge in [-0.2, -0.15) is 5.10 Å². The first kappa shape index (κ1) is 14.2. The summed E-state index contributed by atoms with van der Waals surface area (Å²) in [7, 11) is 0. The van der Waals surface area contributed by atoms with Crippen molar-refractivity contribution in [1.29, 1.82) is 0 Å². The molecule has 1 amide bonds. The fourth-order valence-corrected chi connectivity index (χ4v) is 2.01. The van der Waals surface area contributed by atoms with Crippen LogP contribution in [0.4, 0.5) is 0 Å². The van der Waals surface area contributed by atoms with Crippen molar-refractivity contribution in [1.82, 2.24) is 0 Å². The van der Waals surface area contributed by atoms with E-state index in [1.807, 2.05) is 31.2 Å². The Kier molecular flexibility index (Phi) is 4.83. The van der Waals surface area contributed by atoms with Gasteiger partial charge in [0.15, 0.2) is 5.41 Å². The van der Waals surface area contributed by atoms with Gasteiger partial charge in [-0.05, 0) is 12.8 Å². The molecule has 18 heavy (non-hydrogen) atoms. The van der Waals surface area contributed by atoms with Gasteiger partial charge in [-0.15, -0.1) is 5.10 Å². The second-order valence-corrected chi connectivity index (χ2v) is 4.20. The van der Waals surface area contributed by atoms with Gasteiger partial charge in [0.1, 0.15) is 5.84 Å². The summed E-state index contributed by atoms with van der Waals surface area (Å²) >= 11 is 0. The monoisotopic (exact) mass is 248 g/mol. The molecule has 4 N–H and O–H groups in total. The number of nitrogens with zero attached hydrogens (tertiary/aromatic N) is 2. The summed E-state index contributed by atoms with van der Waals surface area (Å²) in [6.45, 7) is 4.03. The number of nitrogens with two attached hydrogens (primary N) is 2. The first-order chi connectivity index (χ1) is 8.59. The Morgan fingerprint density at radius 1 is 1.50 bits per heavy atom. The van der Waals surface area contributed by atoms with E-state index in [-0.39, 0.29) is 11.8 Å². The van der Waals surface area contributed by atoms with Crippen molar-refractivity contribution < 1.29 is 4.79 Å². The van der Waals surface area contributed by atoms with Crippen LogP contribution in [0.2, 0.25) is 0 Å². The molecule has 0 spiro atoms. The predicted octanol–water partition coefficient (Wildman–Crippen LogP) is 1.36. The molecule has 5 nitrogen and oxygen atoms in total. The van der Waals surface area contributed by atoms with Crippen LogP contribution in [0.5, 0.6) is 0 Å². The lowest BCUT2D eigenvalue weighted by atomic mass is 9.73. The van der Waals surface area contributed by atoms with Crippen molar-refractivity contribution in [3.05, 3.63) is 24.3 Å². The van der Waals surface area contributed by atoms with E-state index in [9.17, 15) is 4.79 Å². The maximum Gasteiger partial charge on any atom is 0.237 e. The summed E-state index contributed by atoms with van der Waals surface area (Å²) in [6.07, 6.45) is 10.9. The van der Waals surface area contributed by atoms with E-state index in [0.29, 0.717) is 0 Å². The second-order valence-electron chi connectivity index (χ2n) is 4.20. The Balaban J connectivity index is 3.01. The van der Waals surface area contributed by atoms with Gasteiger partial charge in [-0.3, -0.25) is 4.79 Å². The van der Waals surface area contributed by atoms with Crippen LogP contribution < -0.4 is 11.5 Å². The molecule has 98 valence electrons. The number of hydrogen-bond acceptors (Lipinski definition) is 4. The Labute approximate surface area is 107 Å². The zero-order valence-electron chi connectivity index (χ0n) is 10.8. The molecule has 1 aliphatic heterocycles. The lowest BCUT2D eigenvalue weighted by Crippen LogP contribution is -2.51. The standard InChI is InChI=1S/C13H20N4O/c1-3-5-6-7-8-10(4-2)13(12(15)18)9-16-17-11(13)14/h5-10H,3-4H2,1-2H3,(H2,14,17)(H2,15,18)/b6-5+,8-7+. The highest BCUT2D eigenvalue weighted by atomic mass is 16.1. The van der Waals surface area contributed by atoms with Gasteiger partial charge in [0, 0.05) is 5.92 Å². The molecule has 2 unspecified atom stereocenters. The summed E-state index contributed by atoms with van der Waals surface area (Å²) < 4.78 is 0. The van der Waals surface area contributed by atoms with E-state index < -0.39 is 11.3 Å². The minimum absolute atomic E-state index is 0.133. The van der Waals surface area contributed by atoms with Crippen LogP contribution in [-0.4, -0.2) is 18.0 Å². The third kappa shape index (κ3) is 2.50. The van der Waals surface area contributed by atoms with Gasteiger partial charge in [0.2, 0.25) is 5.91 Å². The maximum absolute atomic E-state index is 11.7. The number of hydrogen-bond donors (Lipinski definition) is 2. The number of carbonyl (C=O) groups excluding carboxylic acids is 1. The van der Waals surface area contributed by atoms with Gasteiger partial charge in [0.05, 0.1) is 6.21 Å². The maximum atomic E-state index is 11.7. The molecule has 0 aliphatic carbocycles. The smallest absolute Gasteiger partial charge is 0.237 e. The van der Waals surface area contributed by atoms with E-state index in [0.717, 1.165) is 12.8 Å². The highest BCUT2D eigenvalue weighted by Gasteiger charge is 2.47. The molecule has 2 atom stereocenters. The topological polar surface area (TPSA) is 93.8 Å². The minimum atomic E-state index is -1.08. The van der Waals surface area contributed by atoms with Crippen LogP contribution in [0.15, 0.2) is 34.5 Å². The van der Waals surface area contributed by atoms with Gasteiger partial charge in [0.25, 0.3) is 0 Å². The molecular formula is C13H20N4O. The molecule has 0 aromatic carbocycles. The predicted molar refractivity (Wildman–Crippen MR) is 74.1 cm³/mol. The fraction of sp³-hybridized carbons (Fsp3) is 0.462. The first-order valence-corrected chi connectivity index (χ1v) is 6.10. The summed E-state index contributed by atoms with van der Waals surface area (Å²) in [4.78, 5) is 11.7. The Morgan fingerprint density at radius 2 is 2.22 bits per heavy atom. The fourth-order valence-electron chi connectivity index (χ4n) is 2.01. The third-order valence-corrected chi connectivity index (χ3v) is 3.11. The van der Waals surface area contributed by atoms with Crippen LogP contribution in [-0.2, 0) is 4.79 Å². The minimum Gasteiger partial charge on any atom is -0.384 e. The summed E-state index contributed by atoms with van der Waals surface area (Å²) in [5.41, 5.74) is 10.2. The Bertz CT molecular complexity index is 423. The van der Waals surface area contributed by atoms with Crippen molar-refractivity contribution in [2.45, 2.75) is 26.7 Å². The van der Waals surface area contributed by atoms with Gasteiger partial charge in [-0.25, -0.2) is 0 Å². The zero-order valence-corrected chi connectivity index (χ0v) is 10.8. The SMILES string of the molecule is CC/C=C/C=C/C(CC)C1(C(N)=O)C=NN=C1N. The largest absolute Gasteiger partial charge is 0.384 e. The van der Waals surface area contributed by atoms with E-state index >= 15 is 0 Å². The van der Waals surface area contributed by atoms with Gasteiger partial charge >= 0.3 is 0 Å².